The number of benzene rings is 1. The molecule has 0 radical (unpaired) electrons. The van der Waals surface area contributed by atoms with E-state index in [9.17, 15) is 13.2 Å². The van der Waals surface area contributed by atoms with E-state index in [0.29, 0.717) is 19.6 Å². The van der Waals surface area contributed by atoms with Crippen molar-refractivity contribution in [3.8, 4) is 0 Å². The lowest BCUT2D eigenvalue weighted by Gasteiger charge is -2.35. The van der Waals surface area contributed by atoms with E-state index < -0.39 is 10.0 Å². The highest BCUT2D eigenvalue weighted by molar-refractivity contribution is 7.88. The van der Waals surface area contributed by atoms with Gasteiger partial charge in [-0.25, -0.2) is 12.7 Å². The standard InChI is InChI=1S/C12H16N2O3S/c1-18(16,17)14-8-11(9-14)12(15)13-7-10-5-3-2-4-6-10/h2-6,11H,7-9H2,1H3,(H,13,15). The van der Waals surface area contributed by atoms with Crippen molar-refractivity contribution in [2.75, 3.05) is 19.3 Å². The summed E-state index contributed by atoms with van der Waals surface area (Å²) >= 11 is 0. The first-order chi connectivity index (χ1) is 8.47. The molecule has 5 nitrogen and oxygen atoms in total. The summed E-state index contributed by atoms with van der Waals surface area (Å²) in [4.78, 5) is 11.7. The third-order valence-corrected chi connectivity index (χ3v) is 4.23. The molecule has 0 aliphatic carbocycles. The number of nitrogens with zero attached hydrogens (tertiary/aromatic N) is 1. The molecule has 1 aliphatic heterocycles. The number of carbonyl (C=O) groups is 1. The number of nitrogens with one attached hydrogen (secondary N) is 1. The summed E-state index contributed by atoms with van der Waals surface area (Å²) in [6, 6.07) is 9.61. The summed E-state index contributed by atoms with van der Waals surface area (Å²) in [5.74, 6) is -0.304. The van der Waals surface area contributed by atoms with Gasteiger partial charge in [0, 0.05) is 19.6 Å². The largest absolute Gasteiger partial charge is 0.352 e. The minimum atomic E-state index is -3.15. The zero-order valence-electron chi connectivity index (χ0n) is 10.2. The highest BCUT2D eigenvalue weighted by Crippen LogP contribution is 2.18. The maximum Gasteiger partial charge on any atom is 0.226 e. The van der Waals surface area contributed by atoms with E-state index in [4.69, 9.17) is 0 Å². The average Bonchev–Trinajstić information content (AvgIpc) is 2.24. The van der Waals surface area contributed by atoms with Crippen LogP contribution in [-0.4, -0.2) is 38.0 Å². The summed E-state index contributed by atoms with van der Waals surface area (Å²) in [5, 5.41) is 2.81. The molecule has 1 amide bonds. The maximum atomic E-state index is 11.7. The predicted molar refractivity (Wildman–Crippen MR) is 68.2 cm³/mol. The molecular formula is C12H16N2O3S. The van der Waals surface area contributed by atoms with Crippen LogP contribution in [-0.2, 0) is 21.4 Å². The molecule has 1 N–H and O–H groups in total. The Labute approximate surface area is 107 Å². The second-order valence-corrected chi connectivity index (χ2v) is 6.46. The number of amides is 1. The quantitative estimate of drug-likeness (QED) is 0.848. The van der Waals surface area contributed by atoms with Gasteiger partial charge < -0.3 is 5.32 Å². The molecule has 1 aromatic carbocycles. The topological polar surface area (TPSA) is 66.5 Å². The van der Waals surface area contributed by atoms with Crippen LogP contribution < -0.4 is 5.32 Å². The van der Waals surface area contributed by atoms with Crippen molar-refractivity contribution in [2.24, 2.45) is 5.92 Å². The normalized spacial score (nSPS) is 17.2. The molecule has 0 saturated carbocycles. The van der Waals surface area contributed by atoms with Crippen LogP contribution in [0.2, 0.25) is 0 Å². The molecule has 0 unspecified atom stereocenters. The summed E-state index contributed by atoms with van der Waals surface area (Å²) < 4.78 is 23.6. The fraction of sp³-hybridized carbons (Fsp3) is 0.417. The molecule has 0 aromatic heterocycles. The van der Waals surface area contributed by atoms with Gasteiger partial charge in [-0.3, -0.25) is 4.79 Å². The first-order valence-corrected chi connectivity index (χ1v) is 7.58. The van der Waals surface area contributed by atoms with Crippen LogP contribution in [0.4, 0.5) is 0 Å². The Bertz CT molecular complexity index is 522. The number of carbonyl (C=O) groups excluding carboxylic acids is 1. The lowest BCUT2D eigenvalue weighted by molar-refractivity contribution is -0.128. The molecule has 0 bridgehead atoms. The molecular weight excluding hydrogens is 252 g/mol. The van der Waals surface area contributed by atoms with E-state index in [1.54, 1.807) is 0 Å². The lowest BCUT2D eigenvalue weighted by atomic mass is 10.0. The van der Waals surface area contributed by atoms with E-state index >= 15 is 0 Å². The Hall–Kier alpha value is -1.40. The van der Waals surface area contributed by atoms with Gasteiger partial charge in [0.2, 0.25) is 15.9 Å². The Morgan fingerprint density at radius 2 is 1.94 bits per heavy atom. The van der Waals surface area contributed by atoms with Gasteiger partial charge in [0.1, 0.15) is 0 Å². The molecule has 1 aliphatic rings. The molecule has 0 spiro atoms. The Balaban J connectivity index is 1.78. The SMILES string of the molecule is CS(=O)(=O)N1CC(C(=O)NCc2ccccc2)C1. The fourth-order valence-electron chi connectivity index (χ4n) is 1.80. The van der Waals surface area contributed by atoms with Crippen molar-refractivity contribution < 1.29 is 13.2 Å². The predicted octanol–water partition coefficient (Wildman–Crippen LogP) is 0.194. The van der Waals surface area contributed by atoms with Crippen LogP contribution in [0.5, 0.6) is 0 Å². The molecule has 1 fully saturated rings. The molecule has 1 aromatic rings. The van der Waals surface area contributed by atoms with Crippen molar-refractivity contribution in [3.63, 3.8) is 0 Å². The first-order valence-electron chi connectivity index (χ1n) is 5.73. The van der Waals surface area contributed by atoms with E-state index in [1.807, 2.05) is 30.3 Å². The first kappa shape index (κ1) is 13.0. The van der Waals surface area contributed by atoms with E-state index in [0.717, 1.165) is 11.8 Å². The second-order valence-electron chi connectivity index (χ2n) is 4.48. The highest BCUT2D eigenvalue weighted by atomic mass is 32.2. The summed E-state index contributed by atoms with van der Waals surface area (Å²) in [5.41, 5.74) is 1.03. The number of hydrogen-bond donors (Lipinski definition) is 1. The Morgan fingerprint density at radius 3 is 2.50 bits per heavy atom. The smallest absolute Gasteiger partial charge is 0.226 e. The number of rotatable bonds is 4. The summed E-state index contributed by atoms with van der Waals surface area (Å²) in [6.45, 7) is 1.06. The Kier molecular flexibility index (Phi) is 3.68. The average molecular weight is 268 g/mol. The van der Waals surface area contributed by atoms with Crippen molar-refractivity contribution in [3.05, 3.63) is 35.9 Å². The van der Waals surface area contributed by atoms with Crippen molar-refractivity contribution in [2.45, 2.75) is 6.54 Å². The monoisotopic (exact) mass is 268 g/mol. The highest BCUT2D eigenvalue weighted by Gasteiger charge is 2.37. The van der Waals surface area contributed by atoms with Gasteiger partial charge in [-0.05, 0) is 5.56 Å². The molecule has 18 heavy (non-hydrogen) atoms. The van der Waals surface area contributed by atoms with E-state index in [1.165, 1.54) is 4.31 Å². The van der Waals surface area contributed by atoms with Crippen LogP contribution in [0, 0.1) is 5.92 Å². The summed E-state index contributed by atoms with van der Waals surface area (Å²) in [7, 11) is -3.15. The van der Waals surface area contributed by atoms with Crippen LogP contribution >= 0.6 is 0 Å². The van der Waals surface area contributed by atoms with Gasteiger partial charge >= 0.3 is 0 Å². The van der Waals surface area contributed by atoms with Crippen LogP contribution in [0.25, 0.3) is 0 Å². The van der Waals surface area contributed by atoms with Gasteiger partial charge in [0.25, 0.3) is 0 Å². The molecule has 98 valence electrons. The van der Waals surface area contributed by atoms with Crippen molar-refractivity contribution in [1.82, 2.24) is 9.62 Å². The molecule has 1 saturated heterocycles. The van der Waals surface area contributed by atoms with Gasteiger partial charge in [-0.15, -0.1) is 0 Å². The molecule has 6 heteroatoms. The van der Waals surface area contributed by atoms with Crippen molar-refractivity contribution in [1.29, 1.82) is 0 Å². The zero-order valence-corrected chi connectivity index (χ0v) is 11.0. The summed E-state index contributed by atoms with van der Waals surface area (Å²) in [6.07, 6.45) is 1.16. The van der Waals surface area contributed by atoms with Crippen LogP contribution in [0.1, 0.15) is 5.56 Å². The number of hydrogen-bond acceptors (Lipinski definition) is 3. The number of sulfonamides is 1. The fourth-order valence-corrected chi connectivity index (χ4v) is 2.71. The lowest BCUT2D eigenvalue weighted by Crippen LogP contribution is -2.55. The van der Waals surface area contributed by atoms with Gasteiger partial charge in [-0.1, -0.05) is 30.3 Å². The van der Waals surface area contributed by atoms with E-state index in [2.05, 4.69) is 5.32 Å². The maximum absolute atomic E-state index is 11.7. The minimum absolute atomic E-state index is 0.0845. The van der Waals surface area contributed by atoms with Crippen LogP contribution in [0.3, 0.4) is 0 Å². The van der Waals surface area contributed by atoms with Gasteiger partial charge in [0.15, 0.2) is 0 Å². The third kappa shape index (κ3) is 3.08. The molecule has 1 heterocycles. The van der Waals surface area contributed by atoms with E-state index in [-0.39, 0.29) is 11.8 Å². The molecule has 0 atom stereocenters. The minimum Gasteiger partial charge on any atom is -0.352 e. The Morgan fingerprint density at radius 1 is 1.33 bits per heavy atom. The van der Waals surface area contributed by atoms with Gasteiger partial charge in [0.05, 0.1) is 12.2 Å². The zero-order chi connectivity index (χ0) is 13.2. The van der Waals surface area contributed by atoms with Crippen molar-refractivity contribution >= 4 is 15.9 Å². The van der Waals surface area contributed by atoms with Gasteiger partial charge in [-0.2, -0.15) is 0 Å². The molecule has 2 rings (SSSR count). The second kappa shape index (κ2) is 5.07. The third-order valence-electron chi connectivity index (χ3n) is 3.00. The van der Waals surface area contributed by atoms with Crippen LogP contribution in [0.15, 0.2) is 30.3 Å².